The number of hydrogen-bond donors (Lipinski definition) is 1. The van der Waals surface area contributed by atoms with Gasteiger partial charge in [0, 0.05) is 18.2 Å². The third-order valence-electron chi connectivity index (χ3n) is 4.51. The maximum atomic E-state index is 5.83. The Bertz CT molecular complexity index is 488. The summed E-state index contributed by atoms with van der Waals surface area (Å²) in [5, 5.41) is 0. The summed E-state index contributed by atoms with van der Waals surface area (Å²) in [6.45, 7) is 5.97. The molecule has 2 unspecified atom stereocenters. The largest absolute Gasteiger partial charge is 0.493 e. The number of nitrogens with two attached hydrogens (primary N) is 1. The van der Waals surface area contributed by atoms with Crippen LogP contribution in [0.5, 0.6) is 11.5 Å². The molecule has 0 amide bonds. The van der Waals surface area contributed by atoms with Crippen LogP contribution < -0.4 is 15.2 Å². The number of methoxy groups -OCH3 is 2. The van der Waals surface area contributed by atoms with Gasteiger partial charge in [0.15, 0.2) is 11.5 Å². The van der Waals surface area contributed by atoms with Gasteiger partial charge in [0.25, 0.3) is 0 Å². The Balaban J connectivity index is 2.48. The first-order valence-corrected chi connectivity index (χ1v) is 7.15. The van der Waals surface area contributed by atoms with E-state index >= 15 is 0 Å². The second-order valence-electron chi connectivity index (χ2n) is 5.77. The van der Waals surface area contributed by atoms with E-state index in [2.05, 4.69) is 31.9 Å². The number of aryl methyl sites for hydroxylation is 1. The number of hydrogen-bond acceptors (Lipinski definition) is 4. The predicted molar refractivity (Wildman–Crippen MR) is 81.6 cm³/mol. The molecule has 0 saturated carbocycles. The summed E-state index contributed by atoms with van der Waals surface area (Å²) in [7, 11) is 5.57. The molecule has 0 spiro atoms. The van der Waals surface area contributed by atoms with Crippen molar-refractivity contribution in [1.29, 1.82) is 0 Å². The van der Waals surface area contributed by atoms with E-state index in [9.17, 15) is 0 Å². The van der Waals surface area contributed by atoms with Crippen molar-refractivity contribution in [3.05, 3.63) is 22.8 Å². The van der Waals surface area contributed by atoms with E-state index in [1.807, 2.05) is 0 Å². The van der Waals surface area contributed by atoms with Gasteiger partial charge in [-0.1, -0.05) is 6.07 Å². The van der Waals surface area contributed by atoms with Gasteiger partial charge in [-0.25, -0.2) is 0 Å². The van der Waals surface area contributed by atoms with E-state index in [4.69, 9.17) is 15.2 Å². The molecule has 4 heteroatoms. The zero-order valence-corrected chi connectivity index (χ0v) is 13.2. The molecule has 2 rings (SSSR count). The highest BCUT2D eigenvalue weighted by Gasteiger charge is 2.33. The van der Waals surface area contributed by atoms with Gasteiger partial charge >= 0.3 is 0 Å². The molecule has 1 saturated heterocycles. The van der Waals surface area contributed by atoms with E-state index in [1.54, 1.807) is 14.2 Å². The van der Waals surface area contributed by atoms with Gasteiger partial charge in [-0.05, 0) is 50.9 Å². The first-order chi connectivity index (χ1) is 9.53. The minimum Gasteiger partial charge on any atom is -0.493 e. The summed E-state index contributed by atoms with van der Waals surface area (Å²) in [5.41, 5.74) is 9.43. The Morgan fingerprint density at radius 3 is 2.40 bits per heavy atom. The van der Waals surface area contributed by atoms with Crippen molar-refractivity contribution < 1.29 is 9.47 Å². The molecule has 2 N–H and O–H groups in total. The zero-order valence-electron chi connectivity index (χ0n) is 13.2. The van der Waals surface area contributed by atoms with Crippen LogP contribution in [0.1, 0.15) is 29.2 Å². The second-order valence-corrected chi connectivity index (χ2v) is 5.77. The Hall–Kier alpha value is -1.26. The maximum absolute atomic E-state index is 5.83. The maximum Gasteiger partial charge on any atom is 0.165 e. The average molecular weight is 278 g/mol. The zero-order chi connectivity index (χ0) is 14.9. The van der Waals surface area contributed by atoms with Crippen LogP contribution >= 0.6 is 0 Å². The number of nitrogens with zero attached hydrogens (tertiary/aromatic N) is 1. The van der Waals surface area contributed by atoms with Crippen molar-refractivity contribution in [2.45, 2.75) is 26.3 Å². The molecule has 1 fully saturated rings. The van der Waals surface area contributed by atoms with Crippen molar-refractivity contribution in [2.75, 3.05) is 34.4 Å². The number of benzene rings is 1. The normalized spacial score (nSPS) is 23.1. The molecule has 1 heterocycles. The number of rotatable bonds is 4. The molecule has 4 nitrogen and oxygen atoms in total. The SMILES string of the molecule is COc1c(C2CC(CN)CN2C)cc(C)c(C)c1OC. The molecule has 0 bridgehead atoms. The van der Waals surface area contributed by atoms with Crippen molar-refractivity contribution in [3.63, 3.8) is 0 Å². The van der Waals surface area contributed by atoms with Gasteiger partial charge in [-0.2, -0.15) is 0 Å². The summed E-state index contributed by atoms with van der Waals surface area (Å²) in [6.07, 6.45) is 1.08. The summed E-state index contributed by atoms with van der Waals surface area (Å²) in [6, 6.07) is 2.59. The standard InChI is InChI=1S/C16H26N2O2/c1-10-6-13(14-7-12(8-17)9-18(14)3)16(20-5)15(19-4)11(10)2/h6,12,14H,7-9,17H2,1-5H3. The summed E-state index contributed by atoms with van der Waals surface area (Å²) in [5.74, 6) is 2.28. The van der Waals surface area contributed by atoms with E-state index in [0.29, 0.717) is 12.0 Å². The molecular formula is C16H26N2O2. The molecule has 0 radical (unpaired) electrons. The smallest absolute Gasteiger partial charge is 0.165 e. The molecule has 1 aromatic carbocycles. The van der Waals surface area contributed by atoms with Crippen LogP contribution in [-0.4, -0.2) is 39.3 Å². The highest BCUT2D eigenvalue weighted by molar-refractivity contribution is 5.56. The lowest BCUT2D eigenvalue weighted by atomic mass is 9.95. The molecule has 1 aliphatic rings. The Morgan fingerprint density at radius 1 is 1.25 bits per heavy atom. The Labute approximate surface area is 121 Å². The quantitative estimate of drug-likeness (QED) is 0.918. The average Bonchev–Trinajstić information content (AvgIpc) is 2.82. The monoisotopic (exact) mass is 278 g/mol. The number of ether oxygens (including phenoxy) is 2. The lowest BCUT2D eigenvalue weighted by Crippen LogP contribution is -2.21. The van der Waals surface area contributed by atoms with Crippen molar-refractivity contribution >= 4 is 0 Å². The van der Waals surface area contributed by atoms with Crippen LogP contribution in [0.15, 0.2) is 6.07 Å². The van der Waals surface area contributed by atoms with Gasteiger partial charge in [-0.3, -0.25) is 4.90 Å². The van der Waals surface area contributed by atoms with Crippen LogP contribution in [0.3, 0.4) is 0 Å². The van der Waals surface area contributed by atoms with Gasteiger partial charge in [0.1, 0.15) is 0 Å². The van der Waals surface area contributed by atoms with Crippen molar-refractivity contribution in [1.82, 2.24) is 4.90 Å². The lowest BCUT2D eigenvalue weighted by Gasteiger charge is -2.25. The van der Waals surface area contributed by atoms with E-state index in [0.717, 1.165) is 36.6 Å². The van der Waals surface area contributed by atoms with Gasteiger partial charge in [0.05, 0.1) is 14.2 Å². The predicted octanol–water partition coefficient (Wildman–Crippen LogP) is 2.27. The second kappa shape index (κ2) is 6.02. The fourth-order valence-electron chi connectivity index (χ4n) is 3.23. The third-order valence-corrected chi connectivity index (χ3v) is 4.51. The molecule has 0 aromatic heterocycles. The van der Waals surface area contributed by atoms with Crippen LogP contribution in [0.2, 0.25) is 0 Å². The van der Waals surface area contributed by atoms with Gasteiger partial charge < -0.3 is 15.2 Å². The Kier molecular flexibility index (Phi) is 4.55. The van der Waals surface area contributed by atoms with Crippen LogP contribution in [-0.2, 0) is 0 Å². The van der Waals surface area contributed by atoms with E-state index < -0.39 is 0 Å². The highest BCUT2D eigenvalue weighted by atomic mass is 16.5. The first kappa shape index (κ1) is 15.1. The van der Waals surface area contributed by atoms with Crippen molar-refractivity contribution in [2.24, 2.45) is 11.7 Å². The summed E-state index contributed by atoms with van der Waals surface area (Å²) >= 11 is 0. The van der Waals surface area contributed by atoms with Gasteiger partial charge in [0.2, 0.25) is 0 Å². The number of likely N-dealkylation sites (tertiary alicyclic amines) is 1. The fourth-order valence-corrected chi connectivity index (χ4v) is 3.23. The topological polar surface area (TPSA) is 47.7 Å². The van der Waals surface area contributed by atoms with Crippen LogP contribution in [0, 0.1) is 19.8 Å². The Morgan fingerprint density at radius 2 is 1.90 bits per heavy atom. The minimum absolute atomic E-state index is 0.353. The first-order valence-electron chi connectivity index (χ1n) is 7.15. The van der Waals surface area contributed by atoms with Crippen LogP contribution in [0.4, 0.5) is 0 Å². The van der Waals surface area contributed by atoms with Crippen LogP contribution in [0.25, 0.3) is 0 Å². The lowest BCUT2D eigenvalue weighted by molar-refractivity contribution is 0.295. The summed E-state index contributed by atoms with van der Waals surface area (Å²) in [4.78, 5) is 2.36. The minimum atomic E-state index is 0.353. The molecule has 112 valence electrons. The molecule has 2 atom stereocenters. The molecule has 20 heavy (non-hydrogen) atoms. The molecule has 0 aliphatic carbocycles. The third kappa shape index (κ3) is 2.50. The van der Waals surface area contributed by atoms with Gasteiger partial charge in [-0.15, -0.1) is 0 Å². The fraction of sp³-hybridized carbons (Fsp3) is 0.625. The highest BCUT2D eigenvalue weighted by Crippen LogP contribution is 2.44. The molecular weight excluding hydrogens is 252 g/mol. The van der Waals surface area contributed by atoms with Crippen molar-refractivity contribution in [3.8, 4) is 11.5 Å². The van der Waals surface area contributed by atoms with E-state index in [-0.39, 0.29) is 0 Å². The molecule has 1 aliphatic heterocycles. The van der Waals surface area contributed by atoms with E-state index in [1.165, 1.54) is 11.1 Å². The summed E-state index contributed by atoms with van der Waals surface area (Å²) < 4.78 is 11.2. The molecule has 1 aromatic rings.